The predicted octanol–water partition coefficient (Wildman–Crippen LogP) is 2.99. The van der Waals surface area contributed by atoms with E-state index in [1.807, 2.05) is 6.07 Å². The Hall–Kier alpha value is -2.99. The molecule has 6 heteroatoms. The Morgan fingerprint density at radius 2 is 2.00 bits per heavy atom. The average molecular weight is 338 g/mol. The lowest BCUT2D eigenvalue weighted by molar-refractivity contribution is 0.0319. The molecular formula is C19H18N2O4. The summed E-state index contributed by atoms with van der Waals surface area (Å²) in [5.74, 6) is -0.175. The summed E-state index contributed by atoms with van der Waals surface area (Å²) in [6.07, 6.45) is -0.684. The highest BCUT2D eigenvalue weighted by atomic mass is 16.5. The van der Waals surface area contributed by atoms with E-state index >= 15 is 0 Å². The fourth-order valence-corrected chi connectivity index (χ4v) is 2.54. The second-order valence-electron chi connectivity index (χ2n) is 5.65. The quantitative estimate of drug-likeness (QED) is 0.723. The van der Waals surface area contributed by atoms with E-state index in [1.54, 1.807) is 56.5 Å². The van der Waals surface area contributed by atoms with E-state index in [0.717, 1.165) is 5.56 Å². The fraction of sp³-hybridized carbons (Fsp3) is 0.211. The third kappa shape index (κ3) is 3.75. The Kier molecular flexibility index (Phi) is 4.90. The van der Waals surface area contributed by atoms with Crippen LogP contribution in [0.3, 0.4) is 0 Å². The monoisotopic (exact) mass is 338 g/mol. The number of hydrogen-bond acceptors (Lipinski definition) is 5. The van der Waals surface area contributed by atoms with Crippen molar-refractivity contribution in [2.45, 2.75) is 19.6 Å². The highest BCUT2D eigenvalue weighted by Gasteiger charge is 2.17. The lowest BCUT2D eigenvalue weighted by atomic mass is 10.1. The second-order valence-corrected chi connectivity index (χ2v) is 5.65. The standard InChI is InChI=1S/C19H18N2O4/c1-12(17-20-16-9-4-3-8-15(16)18(22)21-17)25-19(23)14-7-5-6-13(10-14)11-24-2/h3-10,12H,11H2,1-2H3,(H,20,21,22)/t12-/m0/s1. The number of para-hydroxylation sites is 1. The van der Waals surface area contributed by atoms with Gasteiger partial charge >= 0.3 is 5.97 Å². The van der Waals surface area contributed by atoms with Gasteiger partial charge in [0.05, 0.1) is 23.1 Å². The minimum absolute atomic E-state index is 0.259. The van der Waals surface area contributed by atoms with Crippen LogP contribution >= 0.6 is 0 Å². The zero-order chi connectivity index (χ0) is 17.8. The number of fused-ring (bicyclic) bond motifs is 1. The fourth-order valence-electron chi connectivity index (χ4n) is 2.54. The van der Waals surface area contributed by atoms with Gasteiger partial charge in [0.25, 0.3) is 5.56 Å². The Balaban J connectivity index is 1.82. The SMILES string of the molecule is COCc1cccc(C(=O)O[C@@H](C)c2nc3ccccc3c(=O)[nH]2)c1. The van der Waals surface area contributed by atoms with Gasteiger partial charge < -0.3 is 14.5 Å². The van der Waals surface area contributed by atoms with Gasteiger partial charge in [-0.1, -0.05) is 24.3 Å². The molecule has 128 valence electrons. The molecule has 1 heterocycles. The molecule has 0 fully saturated rings. The van der Waals surface area contributed by atoms with E-state index in [4.69, 9.17) is 9.47 Å². The van der Waals surface area contributed by atoms with Crippen LogP contribution in [0.4, 0.5) is 0 Å². The van der Waals surface area contributed by atoms with Crippen molar-refractivity contribution in [3.63, 3.8) is 0 Å². The van der Waals surface area contributed by atoms with Gasteiger partial charge in [0, 0.05) is 7.11 Å². The highest BCUT2D eigenvalue weighted by Crippen LogP contribution is 2.17. The van der Waals surface area contributed by atoms with E-state index < -0.39 is 12.1 Å². The van der Waals surface area contributed by atoms with Gasteiger partial charge in [0.15, 0.2) is 11.9 Å². The number of rotatable bonds is 5. The predicted molar refractivity (Wildman–Crippen MR) is 93.3 cm³/mol. The number of carbonyl (C=O) groups is 1. The number of H-pyrrole nitrogens is 1. The van der Waals surface area contributed by atoms with Crippen molar-refractivity contribution in [1.29, 1.82) is 0 Å². The molecule has 1 atom stereocenters. The van der Waals surface area contributed by atoms with E-state index in [0.29, 0.717) is 28.9 Å². The van der Waals surface area contributed by atoms with Crippen LogP contribution in [0.25, 0.3) is 10.9 Å². The normalized spacial score (nSPS) is 12.1. The minimum Gasteiger partial charge on any atom is -0.451 e. The molecule has 0 amide bonds. The number of nitrogens with one attached hydrogen (secondary N) is 1. The summed E-state index contributed by atoms with van der Waals surface area (Å²) in [5.41, 5.74) is 1.60. The molecule has 0 unspecified atom stereocenters. The number of esters is 1. The largest absolute Gasteiger partial charge is 0.451 e. The first kappa shape index (κ1) is 16.9. The molecule has 0 aliphatic carbocycles. The third-order valence-corrected chi connectivity index (χ3v) is 3.77. The molecule has 0 saturated heterocycles. The zero-order valence-electron chi connectivity index (χ0n) is 14.0. The van der Waals surface area contributed by atoms with E-state index in [2.05, 4.69) is 9.97 Å². The first-order valence-corrected chi connectivity index (χ1v) is 7.86. The van der Waals surface area contributed by atoms with Gasteiger partial charge in [-0.2, -0.15) is 0 Å². The summed E-state index contributed by atoms with van der Waals surface area (Å²) >= 11 is 0. The molecule has 0 aliphatic heterocycles. The lowest BCUT2D eigenvalue weighted by Crippen LogP contribution is -2.17. The van der Waals surface area contributed by atoms with Crippen LogP contribution in [-0.4, -0.2) is 23.0 Å². The molecule has 0 radical (unpaired) electrons. The van der Waals surface area contributed by atoms with Gasteiger partial charge in [0.2, 0.25) is 0 Å². The molecule has 0 aliphatic rings. The summed E-state index contributed by atoms with van der Waals surface area (Å²) < 4.78 is 10.5. The van der Waals surface area contributed by atoms with E-state index in [1.165, 1.54) is 0 Å². The molecule has 3 aromatic rings. The molecule has 0 spiro atoms. The summed E-state index contributed by atoms with van der Waals surface area (Å²) in [6, 6.07) is 14.0. The van der Waals surface area contributed by atoms with Crippen LogP contribution in [0.5, 0.6) is 0 Å². The maximum atomic E-state index is 12.4. The molecule has 6 nitrogen and oxygen atoms in total. The van der Waals surface area contributed by atoms with Gasteiger partial charge in [-0.15, -0.1) is 0 Å². The number of aromatic amines is 1. The smallest absolute Gasteiger partial charge is 0.338 e. The van der Waals surface area contributed by atoms with Crippen LogP contribution in [0, 0.1) is 0 Å². The van der Waals surface area contributed by atoms with Crippen molar-refractivity contribution in [2.24, 2.45) is 0 Å². The van der Waals surface area contributed by atoms with Crippen LogP contribution in [0.2, 0.25) is 0 Å². The molecule has 3 rings (SSSR count). The number of carbonyl (C=O) groups excluding carboxylic acids is 1. The maximum Gasteiger partial charge on any atom is 0.338 e. The van der Waals surface area contributed by atoms with Gasteiger partial charge in [-0.25, -0.2) is 9.78 Å². The first-order valence-electron chi connectivity index (χ1n) is 7.86. The van der Waals surface area contributed by atoms with Crippen LogP contribution in [-0.2, 0) is 16.1 Å². The Morgan fingerprint density at radius 3 is 2.80 bits per heavy atom. The molecule has 1 N–H and O–H groups in total. The minimum atomic E-state index is -0.684. The van der Waals surface area contributed by atoms with Crippen molar-refractivity contribution in [2.75, 3.05) is 7.11 Å². The van der Waals surface area contributed by atoms with Crippen LogP contribution in [0.15, 0.2) is 53.3 Å². The topological polar surface area (TPSA) is 81.3 Å². The van der Waals surface area contributed by atoms with Crippen LogP contribution < -0.4 is 5.56 Å². The molecule has 0 bridgehead atoms. The number of hydrogen-bond donors (Lipinski definition) is 1. The third-order valence-electron chi connectivity index (χ3n) is 3.77. The molecule has 1 aromatic heterocycles. The first-order chi connectivity index (χ1) is 12.1. The van der Waals surface area contributed by atoms with Crippen molar-refractivity contribution in [1.82, 2.24) is 9.97 Å². The maximum absolute atomic E-state index is 12.4. The molecule has 25 heavy (non-hydrogen) atoms. The highest BCUT2D eigenvalue weighted by molar-refractivity contribution is 5.89. The number of nitrogens with zero attached hydrogens (tertiary/aromatic N) is 1. The molecule has 0 saturated carbocycles. The lowest BCUT2D eigenvalue weighted by Gasteiger charge is -2.13. The van der Waals surface area contributed by atoms with Crippen molar-refractivity contribution in [3.05, 3.63) is 75.8 Å². The number of aromatic nitrogens is 2. The van der Waals surface area contributed by atoms with E-state index in [-0.39, 0.29) is 5.56 Å². The van der Waals surface area contributed by atoms with Crippen molar-refractivity contribution < 1.29 is 14.3 Å². The Morgan fingerprint density at radius 1 is 1.20 bits per heavy atom. The summed E-state index contributed by atoms with van der Waals surface area (Å²) in [6.45, 7) is 2.08. The summed E-state index contributed by atoms with van der Waals surface area (Å²) in [5, 5.41) is 0.497. The number of benzene rings is 2. The molecular weight excluding hydrogens is 320 g/mol. The number of methoxy groups -OCH3 is 1. The molecule has 2 aromatic carbocycles. The van der Waals surface area contributed by atoms with Crippen molar-refractivity contribution >= 4 is 16.9 Å². The Bertz CT molecular complexity index is 965. The van der Waals surface area contributed by atoms with Crippen LogP contribution in [0.1, 0.15) is 34.8 Å². The van der Waals surface area contributed by atoms with Gasteiger partial charge in [-0.05, 0) is 36.8 Å². The van der Waals surface area contributed by atoms with Gasteiger partial charge in [0.1, 0.15) is 0 Å². The summed E-state index contributed by atoms with van der Waals surface area (Å²) in [4.78, 5) is 31.5. The average Bonchev–Trinajstić information content (AvgIpc) is 2.62. The number of ether oxygens (including phenoxy) is 2. The summed E-state index contributed by atoms with van der Waals surface area (Å²) in [7, 11) is 1.59. The van der Waals surface area contributed by atoms with Gasteiger partial charge in [-0.3, -0.25) is 4.79 Å². The van der Waals surface area contributed by atoms with Crippen molar-refractivity contribution in [3.8, 4) is 0 Å². The Labute approximate surface area is 144 Å². The zero-order valence-corrected chi connectivity index (χ0v) is 14.0. The second kappa shape index (κ2) is 7.27. The van der Waals surface area contributed by atoms with E-state index in [9.17, 15) is 9.59 Å².